The van der Waals surface area contributed by atoms with E-state index in [-0.39, 0.29) is 6.03 Å². The number of nitrogens with zero attached hydrogens (tertiary/aromatic N) is 3. The molecule has 132 valence electrons. The van der Waals surface area contributed by atoms with Crippen molar-refractivity contribution in [2.45, 2.75) is 19.5 Å². The van der Waals surface area contributed by atoms with E-state index in [1.807, 2.05) is 54.6 Å². The number of aromatic nitrogens is 2. The molecule has 0 saturated carbocycles. The zero-order valence-electron chi connectivity index (χ0n) is 14.6. The normalized spacial score (nSPS) is 10.3. The van der Waals surface area contributed by atoms with E-state index in [0.29, 0.717) is 19.6 Å². The standard InChI is InChI=1S/C21H22N4O/c26-21(24-15-12-18-8-2-1-3-9-18)25(16-19-10-4-6-13-22-19)17-20-11-5-7-14-23-20/h1-11,13-14H,12,15-17H2,(H,24,26). The summed E-state index contributed by atoms with van der Waals surface area (Å²) < 4.78 is 0. The first-order valence-electron chi connectivity index (χ1n) is 8.68. The van der Waals surface area contributed by atoms with E-state index < -0.39 is 0 Å². The van der Waals surface area contributed by atoms with E-state index in [0.717, 1.165) is 17.8 Å². The van der Waals surface area contributed by atoms with Gasteiger partial charge >= 0.3 is 6.03 Å². The molecule has 5 nitrogen and oxygen atoms in total. The van der Waals surface area contributed by atoms with Crippen LogP contribution in [0.1, 0.15) is 17.0 Å². The number of hydrogen-bond acceptors (Lipinski definition) is 3. The quantitative estimate of drug-likeness (QED) is 0.713. The summed E-state index contributed by atoms with van der Waals surface area (Å²) in [7, 11) is 0. The van der Waals surface area contributed by atoms with E-state index in [1.165, 1.54) is 5.56 Å². The number of pyridine rings is 2. The first-order valence-corrected chi connectivity index (χ1v) is 8.68. The molecule has 0 aliphatic carbocycles. The maximum atomic E-state index is 12.7. The average Bonchev–Trinajstić information content (AvgIpc) is 2.70. The summed E-state index contributed by atoms with van der Waals surface area (Å²) in [5.41, 5.74) is 2.90. The number of rotatable bonds is 7. The maximum absolute atomic E-state index is 12.7. The third-order valence-corrected chi connectivity index (χ3v) is 3.98. The van der Waals surface area contributed by atoms with Crippen LogP contribution < -0.4 is 5.32 Å². The highest BCUT2D eigenvalue weighted by Gasteiger charge is 2.15. The fraction of sp³-hybridized carbons (Fsp3) is 0.190. The van der Waals surface area contributed by atoms with Crippen molar-refractivity contribution < 1.29 is 4.79 Å². The summed E-state index contributed by atoms with van der Waals surface area (Å²) in [5.74, 6) is 0. The molecule has 0 saturated heterocycles. The van der Waals surface area contributed by atoms with E-state index >= 15 is 0 Å². The summed E-state index contributed by atoms with van der Waals surface area (Å²) in [6, 6.07) is 21.4. The molecule has 2 amide bonds. The third-order valence-electron chi connectivity index (χ3n) is 3.98. The van der Waals surface area contributed by atoms with Crippen LogP contribution >= 0.6 is 0 Å². The van der Waals surface area contributed by atoms with E-state index in [2.05, 4.69) is 27.4 Å². The number of amides is 2. The van der Waals surface area contributed by atoms with Crippen LogP contribution in [0.5, 0.6) is 0 Å². The lowest BCUT2D eigenvalue weighted by atomic mass is 10.1. The van der Waals surface area contributed by atoms with Crippen LogP contribution in [0.15, 0.2) is 79.1 Å². The van der Waals surface area contributed by atoms with Crippen LogP contribution in [0.4, 0.5) is 4.79 Å². The third kappa shape index (κ3) is 5.41. The van der Waals surface area contributed by atoms with Gasteiger partial charge in [0.05, 0.1) is 24.5 Å². The molecule has 2 aromatic heterocycles. The zero-order valence-corrected chi connectivity index (χ0v) is 14.6. The fourth-order valence-corrected chi connectivity index (χ4v) is 2.64. The van der Waals surface area contributed by atoms with Crippen molar-refractivity contribution in [3.05, 3.63) is 96.1 Å². The smallest absolute Gasteiger partial charge is 0.318 e. The van der Waals surface area contributed by atoms with Gasteiger partial charge in [0, 0.05) is 18.9 Å². The molecule has 2 heterocycles. The fourth-order valence-electron chi connectivity index (χ4n) is 2.64. The van der Waals surface area contributed by atoms with Crippen molar-refractivity contribution in [2.75, 3.05) is 6.54 Å². The molecular formula is C21H22N4O. The topological polar surface area (TPSA) is 58.1 Å². The molecule has 0 aliphatic heterocycles. The van der Waals surface area contributed by atoms with Gasteiger partial charge in [0.1, 0.15) is 0 Å². The Labute approximate surface area is 153 Å². The highest BCUT2D eigenvalue weighted by Crippen LogP contribution is 2.07. The largest absolute Gasteiger partial charge is 0.338 e. The highest BCUT2D eigenvalue weighted by atomic mass is 16.2. The van der Waals surface area contributed by atoms with Gasteiger partial charge in [0.15, 0.2) is 0 Å². The van der Waals surface area contributed by atoms with Gasteiger partial charge in [-0.2, -0.15) is 0 Å². The molecule has 26 heavy (non-hydrogen) atoms. The van der Waals surface area contributed by atoms with E-state index in [1.54, 1.807) is 17.3 Å². The molecule has 0 bridgehead atoms. The number of carbonyl (C=O) groups is 1. The first kappa shape index (κ1) is 17.6. The SMILES string of the molecule is O=C(NCCc1ccccc1)N(Cc1ccccn1)Cc1ccccn1. The molecule has 3 aromatic rings. The number of urea groups is 1. The van der Waals surface area contributed by atoms with Gasteiger partial charge in [-0.15, -0.1) is 0 Å². The minimum atomic E-state index is -0.114. The van der Waals surface area contributed by atoms with Gasteiger partial charge < -0.3 is 10.2 Å². The number of hydrogen-bond donors (Lipinski definition) is 1. The molecule has 0 fully saturated rings. The van der Waals surface area contributed by atoms with Crippen LogP contribution in [0.25, 0.3) is 0 Å². The monoisotopic (exact) mass is 346 g/mol. The Morgan fingerprint density at radius 2 is 1.38 bits per heavy atom. The minimum absolute atomic E-state index is 0.114. The number of nitrogens with one attached hydrogen (secondary N) is 1. The second-order valence-corrected chi connectivity index (χ2v) is 5.97. The number of carbonyl (C=O) groups excluding carboxylic acids is 1. The Morgan fingerprint density at radius 3 is 1.92 bits per heavy atom. The Morgan fingerprint density at radius 1 is 0.808 bits per heavy atom. The van der Waals surface area contributed by atoms with Crippen molar-refractivity contribution in [2.24, 2.45) is 0 Å². The van der Waals surface area contributed by atoms with Crippen LogP contribution in [0.3, 0.4) is 0 Å². The van der Waals surface area contributed by atoms with Gasteiger partial charge in [-0.05, 0) is 36.2 Å². The second kappa shape index (κ2) is 9.32. The summed E-state index contributed by atoms with van der Waals surface area (Å²) in [6.07, 6.45) is 4.27. The zero-order chi connectivity index (χ0) is 18.0. The van der Waals surface area contributed by atoms with Crippen LogP contribution in [-0.2, 0) is 19.5 Å². The number of benzene rings is 1. The highest BCUT2D eigenvalue weighted by molar-refractivity contribution is 5.74. The molecule has 0 aliphatic rings. The molecule has 0 radical (unpaired) electrons. The Kier molecular flexibility index (Phi) is 6.31. The van der Waals surface area contributed by atoms with Gasteiger partial charge in [-0.3, -0.25) is 9.97 Å². The molecule has 0 unspecified atom stereocenters. The molecule has 0 atom stereocenters. The van der Waals surface area contributed by atoms with E-state index in [4.69, 9.17) is 0 Å². The molecule has 5 heteroatoms. The minimum Gasteiger partial charge on any atom is -0.338 e. The molecule has 1 aromatic carbocycles. The van der Waals surface area contributed by atoms with Gasteiger partial charge in [-0.1, -0.05) is 42.5 Å². The van der Waals surface area contributed by atoms with Crippen molar-refractivity contribution in [1.82, 2.24) is 20.2 Å². The van der Waals surface area contributed by atoms with Gasteiger partial charge in [0.25, 0.3) is 0 Å². The Hall–Kier alpha value is -3.21. The van der Waals surface area contributed by atoms with Crippen molar-refractivity contribution in [3.63, 3.8) is 0 Å². The average molecular weight is 346 g/mol. The first-order chi connectivity index (χ1) is 12.8. The lowest BCUT2D eigenvalue weighted by Crippen LogP contribution is -2.40. The maximum Gasteiger partial charge on any atom is 0.318 e. The van der Waals surface area contributed by atoms with Gasteiger partial charge in [0.2, 0.25) is 0 Å². The summed E-state index contributed by atoms with van der Waals surface area (Å²) in [5, 5.41) is 3.00. The second-order valence-electron chi connectivity index (χ2n) is 5.97. The molecular weight excluding hydrogens is 324 g/mol. The lowest BCUT2D eigenvalue weighted by molar-refractivity contribution is 0.191. The van der Waals surface area contributed by atoms with Crippen LogP contribution in [0.2, 0.25) is 0 Å². The predicted molar refractivity (Wildman–Crippen MR) is 101 cm³/mol. The van der Waals surface area contributed by atoms with Crippen molar-refractivity contribution in [3.8, 4) is 0 Å². The summed E-state index contributed by atoms with van der Waals surface area (Å²) >= 11 is 0. The Balaban J connectivity index is 1.62. The molecule has 3 rings (SSSR count). The van der Waals surface area contributed by atoms with Crippen molar-refractivity contribution in [1.29, 1.82) is 0 Å². The van der Waals surface area contributed by atoms with Crippen LogP contribution in [-0.4, -0.2) is 27.4 Å². The molecule has 0 spiro atoms. The summed E-state index contributed by atoms with van der Waals surface area (Å²) in [6.45, 7) is 1.47. The lowest BCUT2D eigenvalue weighted by Gasteiger charge is -2.22. The van der Waals surface area contributed by atoms with Gasteiger partial charge in [-0.25, -0.2) is 4.79 Å². The van der Waals surface area contributed by atoms with Crippen LogP contribution in [0, 0.1) is 0 Å². The molecule has 1 N–H and O–H groups in total. The Bertz CT molecular complexity index is 753. The van der Waals surface area contributed by atoms with Crippen molar-refractivity contribution >= 4 is 6.03 Å². The van der Waals surface area contributed by atoms with E-state index in [9.17, 15) is 4.79 Å². The predicted octanol–water partition coefficient (Wildman–Crippen LogP) is 3.43. The summed E-state index contributed by atoms with van der Waals surface area (Å²) in [4.78, 5) is 23.1.